The van der Waals surface area contributed by atoms with Gasteiger partial charge in [0.1, 0.15) is 23.8 Å². The van der Waals surface area contributed by atoms with E-state index in [4.69, 9.17) is 31.3 Å². The zero-order chi connectivity index (χ0) is 36.8. The summed E-state index contributed by atoms with van der Waals surface area (Å²) in [6.07, 6.45) is 8.16. The highest BCUT2D eigenvalue weighted by atomic mass is 19.4. The van der Waals surface area contributed by atoms with Gasteiger partial charge in [-0.05, 0) is 58.4 Å². The maximum Gasteiger partial charge on any atom is 0.430 e. The van der Waals surface area contributed by atoms with Crippen molar-refractivity contribution in [1.82, 2.24) is 9.88 Å². The minimum atomic E-state index is -5.19. The van der Waals surface area contributed by atoms with Gasteiger partial charge in [-0.25, -0.2) is 9.13 Å². The Morgan fingerprint density at radius 3 is 2.06 bits per heavy atom. The van der Waals surface area contributed by atoms with Crippen LogP contribution in [0.4, 0.5) is 26.3 Å². The molecule has 0 spiro atoms. The smallest absolute Gasteiger partial charge is 0.430 e. The van der Waals surface area contributed by atoms with Gasteiger partial charge in [0.2, 0.25) is 12.2 Å². The minimum absolute atomic E-state index is 0.0286. The number of carboxylic acids is 2. The van der Waals surface area contributed by atoms with Crippen molar-refractivity contribution in [1.29, 1.82) is 0 Å². The maximum absolute atomic E-state index is 12.2. The Bertz CT molecular complexity index is 1200. The number of alkyl halides is 6. The van der Waals surface area contributed by atoms with Crippen LogP contribution >= 0.6 is 0 Å². The summed E-state index contributed by atoms with van der Waals surface area (Å²) in [5.41, 5.74) is 14.8. The summed E-state index contributed by atoms with van der Waals surface area (Å²) < 4.78 is 67.3. The predicted molar refractivity (Wildman–Crippen MR) is 158 cm³/mol. The number of nitrogens with two attached hydrogens (primary N) is 2. The van der Waals surface area contributed by atoms with Gasteiger partial charge in [-0.1, -0.05) is 36.3 Å². The van der Waals surface area contributed by atoms with Crippen molar-refractivity contribution < 1.29 is 60.5 Å². The number of amides is 1. The second-order valence-corrected chi connectivity index (χ2v) is 10.7. The van der Waals surface area contributed by atoms with Gasteiger partial charge >= 0.3 is 18.3 Å². The zero-order valence-corrected chi connectivity index (χ0v) is 27.3. The van der Waals surface area contributed by atoms with E-state index in [0.29, 0.717) is 12.5 Å². The molecule has 1 amide bonds. The summed E-state index contributed by atoms with van der Waals surface area (Å²) >= 11 is 0. The van der Waals surface area contributed by atoms with Crippen LogP contribution in [0.15, 0.2) is 48.0 Å². The number of allylic oxidation sites excluding steroid dienone is 5. The van der Waals surface area contributed by atoms with Gasteiger partial charge in [0, 0.05) is 19.4 Å². The molecule has 0 aliphatic heterocycles. The fourth-order valence-corrected chi connectivity index (χ4v) is 3.47. The van der Waals surface area contributed by atoms with Crippen molar-refractivity contribution in [3.05, 3.63) is 53.7 Å². The first kappa shape index (κ1) is 44.8. The van der Waals surface area contributed by atoms with Gasteiger partial charge in [0.25, 0.3) is 0 Å². The van der Waals surface area contributed by atoms with Crippen LogP contribution in [-0.4, -0.2) is 53.8 Å². The number of guanidine groups is 1. The quantitative estimate of drug-likeness (QED) is 0.0381. The van der Waals surface area contributed by atoms with Crippen LogP contribution in [0.25, 0.3) is 0 Å². The number of aromatic nitrogens is 2. The number of carboxylic acid groups (broad SMARTS) is 2. The standard InChI is InChI=1S/C26H44N6O.2C2HF3O2/c1-21(2)9-6-10-22(3)11-7-12-23(4)13-14-25(33)29-17-15-24-19-32(20-31(24)5)18-8-16-30-26(27)28;2*3-2(4,5)1(6)7/h9,11,13-14,19-20,23H,6-8,10,12,15-18H2,1-5H3,(H4-,27,28,29,30,33);2*(H,6,7)/b14-13+,22-11-;;/t23-;;/m0../s1. The summed E-state index contributed by atoms with van der Waals surface area (Å²) in [4.78, 5) is 32.6. The largest absolute Gasteiger partial charge is 0.542 e. The number of aliphatic carboxylic acids is 2. The number of carbonyl (C=O) groups is 3. The summed E-state index contributed by atoms with van der Waals surface area (Å²) in [7, 11) is 2.02. The van der Waals surface area contributed by atoms with Gasteiger partial charge < -0.3 is 25.1 Å². The molecule has 17 heteroatoms. The van der Waals surface area contributed by atoms with Gasteiger partial charge in [-0.3, -0.25) is 21.3 Å². The summed E-state index contributed by atoms with van der Waals surface area (Å²) in [6.45, 7) is 10.9. The Morgan fingerprint density at radius 1 is 1.02 bits per heavy atom. The molecule has 0 aliphatic rings. The van der Waals surface area contributed by atoms with Crippen LogP contribution in [0.1, 0.15) is 65.5 Å². The summed E-state index contributed by atoms with van der Waals surface area (Å²) in [5.74, 6) is -5.41. The molecule has 268 valence electrons. The number of nitrogens with one attached hydrogen (secondary N) is 2. The third kappa shape index (κ3) is 26.6. The Labute approximate surface area is 270 Å². The lowest BCUT2D eigenvalue weighted by molar-refractivity contribution is -0.699. The molecule has 47 heavy (non-hydrogen) atoms. The highest BCUT2D eigenvalue weighted by molar-refractivity contribution is 5.87. The minimum Gasteiger partial charge on any atom is -0.542 e. The Hall–Kier alpha value is -4.31. The van der Waals surface area contributed by atoms with Crippen LogP contribution in [0.3, 0.4) is 0 Å². The maximum atomic E-state index is 12.2. The normalized spacial score (nSPS) is 12.2. The second-order valence-electron chi connectivity index (χ2n) is 10.7. The molecule has 1 rings (SSSR count). The number of carbonyl (C=O) groups excluding carboxylic acids is 3. The van der Waals surface area contributed by atoms with Crippen molar-refractivity contribution in [3.8, 4) is 0 Å². The number of hydrogen-bond acceptors (Lipinski definition) is 5. The van der Waals surface area contributed by atoms with E-state index in [1.807, 2.05) is 13.1 Å². The van der Waals surface area contributed by atoms with E-state index < -0.39 is 24.3 Å². The topological polar surface area (TPSA) is 184 Å². The lowest BCUT2D eigenvalue weighted by Gasteiger charge is -2.05. The number of imidazole rings is 1. The van der Waals surface area contributed by atoms with E-state index >= 15 is 0 Å². The highest BCUT2D eigenvalue weighted by Gasteiger charge is 2.29. The first-order valence-electron chi connectivity index (χ1n) is 14.5. The molecule has 0 bridgehead atoms. The van der Waals surface area contributed by atoms with E-state index in [2.05, 4.69) is 71.8 Å². The lowest BCUT2D eigenvalue weighted by atomic mass is 10.0. The van der Waals surface area contributed by atoms with Crippen molar-refractivity contribution in [3.63, 3.8) is 0 Å². The Balaban J connectivity index is 0. The molecule has 0 fully saturated rings. The monoisotopic (exact) mass is 684 g/mol. The fourth-order valence-electron chi connectivity index (χ4n) is 3.47. The number of hydrogen-bond donors (Lipinski definition) is 4. The van der Waals surface area contributed by atoms with Crippen LogP contribution in [0.5, 0.6) is 0 Å². The van der Waals surface area contributed by atoms with Crippen molar-refractivity contribution in [2.24, 2.45) is 24.4 Å². The Morgan fingerprint density at radius 2 is 1.57 bits per heavy atom. The van der Waals surface area contributed by atoms with Crippen LogP contribution in [-0.2, 0) is 34.4 Å². The van der Waals surface area contributed by atoms with E-state index in [1.54, 1.807) is 6.08 Å². The summed E-state index contributed by atoms with van der Waals surface area (Å²) in [5, 5.41) is 20.6. The first-order valence-corrected chi connectivity index (χ1v) is 14.5. The van der Waals surface area contributed by atoms with Gasteiger partial charge in [-0.2, -0.15) is 26.3 Å². The number of nitrogens with zero attached hydrogens (tertiary/aromatic N) is 2. The molecule has 1 aromatic rings. The zero-order valence-electron chi connectivity index (χ0n) is 27.3. The third-order valence-electron chi connectivity index (χ3n) is 5.94. The first-order chi connectivity index (χ1) is 21.6. The van der Waals surface area contributed by atoms with Crippen LogP contribution in [0, 0.1) is 5.92 Å². The average molecular weight is 685 g/mol. The molecule has 0 radical (unpaired) electrons. The molecule has 0 aromatic carbocycles. The van der Waals surface area contributed by atoms with E-state index in [0.717, 1.165) is 51.6 Å². The highest BCUT2D eigenvalue weighted by Crippen LogP contribution is 2.13. The van der Waals surface area contributed by atoms with Crippen LogP contribution in [0.2, 0.25) is 0 Å². The fraction of sp³-hybridized carbons (Fsp3) is 0.567. The molecule has 1 aromatic heterocycles. The van der Waals surface area contributed by atoms with Gasteiger partial charge in [-0.15, -0.1) is 0 Å². The number of halogens is 6. The molecule has 0 aliphatic carbocycles. The van der Waals surface area contributed by atoms with Gasteiger partial charge in [0.05, 0.1) is 20.1 Å². The molecular weight excluding hydrogens is 638 g/mol. The van der Waals surface area contributed by atoms with Gasteiger partial charge in [0.15, 0.2) is 0 Å². The van der Waals surface area contributed by atoms with Crippen molar-refractivity contribution in [2.75, 3.05) is 13.1 Å². The number of rotatable bonds is 15. The molecule has 11 nitrogen and oxygen atoms in total. The molecule has 0 unspecified atom stereocenters. The molecule has 0 saturated carbocycles. The van der Waals surface area contributed by atoms with E-state index in [1.165, 1.54) is 16.8 Å². The average Bonchev–Trinajstić information content (AvgIpc) is 3.28. The molecule has 1 heterocycles. The second kappa shape index (κ2) is 23.1. The van der Waals surface area contributed by atoms with Crippen molar-refractivity contribution in [2.45, 2.75) is 85.1 Å². The molecule has 6 N–H and O–H groups in total. The summed E-state index contributed by atoms with van der Waals surface area (Å²) in [6, 6.07) is 0. The lowest BCUT2D eigenvalue weighted by Crippen LogP contribution is -2.78. The Kier molecular flexibility index (Phi) is 22.0. The van der Waals surface area contributed by atoms with Crippen molar-refractivity contribution >= 4 is 23.8 Å². The molecular formula is C30H46F6N6O5. The third-order valence-corrected chi connectivity index (χ3v) is 5.94. The van der Waals surface area contributed by atoms with E-state index in [9.17, 15) is 31.1 Å². The van der Waals surface area contributed by atoms with Crippen LogP contribution < -0.4 is 36.6 Å². The number of aryl methyl sites for hydroxylation is 2. The molecule has 1 atom stereocenters. The SMILES string of the molecule is CC(C)=CCC/C(C)=C\CC[C@H](C)/C=C/C(=O)NCCc1c[n+](CCC[NH+]=C(N)N)cn1C.O=C([O-])C(F)(F)F.O=C([O-])C(F)(F)F. The predicted octanol–water partition coefficient (Wildman–Crippen LogP) is -0.0222. The molecule has 0 saturated heterocycles. The van der Waals surface area contributed by atoms with E-state index in [-0.39, 0.29) is 11.9 Å².